The average molecular weight is 148 g/mol. The molecule has 0 spiro atoms. The van der Waals surface area contributed by atoms with Crippen molar-refractivity contribution in [2.24, 2.45) is 0 Å². The van der Waals surface area contributed by atoms with E-state index in [1.165, 1.54) is 0 Å². The summed E-state index contributed by atoms with van der Waals surface area (Å²) < 4.78 is 5.24. The van der Waals surface area contributed by atoms with Gasteiger partial charge in [-0.05, 0) is 18.1 Å². The van der Waals surface area contributed by atoms with Crippen molar-refractivity contribution in [1.82, 2.24) is 0 Å². The van der Waals surface area contributed by atoms with Gasteiger partial charge in [-0.3, -0.25) is 0 Å². The zero-order valence-electron chi connectivity index (χ0n) is 6.76. The third kappa shape index (κ3) is 1.43. The fourth-order valence-corrected chi connectivity index (χ4v) is 1.02. The van der Waals surface area contributed by atoms with Crippen molar-refractivity contribution in [3.63, 3.8) is 0 Å². The monoisotopic (exact) mass is 148 g/mol. The summed E-state index contributed by atoms with van der Waals surface area (Å²) >= 11 is 0. The molecule has 0 N–H and O–H groups in total. The molecule has 0 fully saturated rings. The number of rotatable bonds is 2. The lowest BCUT2D eigenvalue weighted by Crippen LogP contribution is -2.19. The Bertz CT molecular complexity index is 343. The molecule has 0 saturated carbocycles. The molecular formula is C10H12O. The van der Waals surface area contributed by atoms with E-state index < -0.39 is 0 Å². The van der Waals surface area contributed by atoms with Gasteiger partial charge < -0.3 is 4.42 Å². The van der Waals surface area contributed by atoms with Crippen molar-refractivity contribution in [2.75, 3.05) is 0 Å². The van der Waals surface area contributed by atoms with Gasteiger partial charge in [-0.1, -0.05) is 26.2 Å². The van der Waals surface area contributed by atoms with E-state index in [0.29, 0.717) is 0 Å². The fraction of sp³-hybridized carbons (Fsp3) is 0.200. The second-order valence-corrected chi connectivity index (χ2v) is 2.36. The quantitative estimate of drug-likeness (QED) is 0.618. The first-order chi connectivity index (χ1) is 5.29. The zero-order valence-corrected chi connectivity index (χ0v) is 6.76. The predicted molar refractivity (Wildman–Crippen MR) is 47.4 cm³/mol. The summed E-state index contributed by atoms with van der Waals surface area (Å²) in [5.41, 5.74) is 1.97. The van der Waals surface area contributed by atoms with Crippen LogP contribution in [-0.2, 0) is 0 Å². The van der Waals surface area contributed by atoms with E-state index in [2.05, 4.69) is 20.1 Å². The summed E-state index contributed by atoms with van der Waals surface area (Å²) in [6.07, 6.45) is 4.39. The smallest absolute Gasteiger partial charge is 0.136 e. The molecule has 0 radical (unpaired) electrons. The van der Waals surface area contributed by atoms with Gasteiger partial charge >= 0.3 is 0 Å². The summed E-state index contributed by atoms with van der Waals surface area (Å²) in [6, 6.07) is 1.86. The van der Waals surface area contributed by atoms with Gasteiger partial charge in [0.25, 0.3) is 0 Å². The number of hydrogen-bond donors (Lipinski definition) is 0. The van der Waals surface area contributed by atoms with E-state index in [9.17, 15) is 0 Å². The second-order valence-electron chi connectivity index (χ2n) is 2.36. The van der Waals surface area contributed by atoms with E-state index in [4.69, 9.17) is 4.42 Å². The molecule has 1 aromatic heterocycles. The van der Waals surface area contributed by atoms with Crippen molar-refractivity contribution in [2.45, 2.75) is 13.3 Å². The molecule has 0 bridgehead atoms. The molecule has 1 aromatic rings. The lowest BCUT2D eigenvalue weighted by Gasteiger charge is -1.90. The van der Waals surface area contributed by atoms with Crippen molar-refractivity contribution in [1.29, 1.82) is 0 Å². The summed E-state index contributed by atoms with van der Waals surface area (Å²) in [4.78, 5) is 0. The van der Waals surface area contributed by atoms with Gasteiger partial charge in [0, 0.05) is 5.22 Å². The second kappa shape index (κ2) is 3.24. The highest BCUT2D eigenvalue weighted by Crippen LogP contribution is 1.97. The summed E-state index contributed by atoms with van der Waals surface area (Å²) in [5, 5.41) is 0.932. The summed E-state index contributed by atoms with van der Waals surface area (Å²) in [6.45, 7) is 9.61. The van der Waals surface area contributed by atoms with Crippen LogP contribution in [0.3, 0.4) is 0 Å². The Labute approximate surface area is 66.3 Å². The van der Waals surface area contributed by atoms with E-state index in [0.717, 1.165) is 22.6 Å². The molecule has 58 valence electrons. The normalized spacial score (nSPS) is 12.8. The third-order valence-corrected chi connectivity index (χ3v) is 1.67. The fourth-order valence-electron chi connectivity index (χ4n) is 1.02. The van der Waals surface area contributed by atoms with Crippen molar-refractivity contribution >= 4 is 12.2 Å². The van der Waals surface area contributed by atoms with Crippen LogP contribution in [0.4, 0.5) is 0 Å². The van der Waals surface area contributed by atoms with Gasteiger partial charge in [-0.2, -0.15) is 0 Å². The topological polar surface area (TPSA) is 13.1 Å². The first kappa shape index (κ1) is 7.86. The molecule has 0 aliphatic rings. The Morgan fingerprint density at radius 3 is 2.82 bits per heavy atom. The Balaban J connectivity index is 3.46. The van der Waals surface area contributed by atoms with Crippen LogP contribution < -0.4 is 10.6 Å². The molecule has 0 aliphatic carbocycles. The molecule has 1 nitrogen and oxygen atoms in total. The maximum atomic E-state index is 5.24. The number of allylic oxidation sites excluding steroid dienone is 1. The van der Waals surface area contributed by atoms with Crippen LogP contribution in [0.2, 0.25) is 0 Å². The van der Waals surface area contributed by atoms with Crippen LogP contribution in [0, 0.1) is 0 Å². The minimum Gasteiger partial charge on any atom is -0.464 e. The van der Waals surface area contributed by atoms with Gasteiger partial charge in [0.1, 0.15) is 5.42 Å². The molecule has 0 saturated heterocycles. The maximum absolute atomic E-state index is 5.24. The molecule has 0 atom stereocenters. The van der Waals surface area contributed by atoms with Crippen LogP contribution in [0.15, 0.2) is 29.4 Å². The Morgan fingerprint density at radius 1 is 1.73 bits per heavy atom. The highest BCUT2D eigenvalue weighted by atomic mass is 16.3. The molecule has 1 heteroatoms. The van der Waals surface area contributed by atoms with Crippen molar-refractivity contribution in [3.05, 3.63) is 35.6 Å². The molecular weight excluding hydrogens is 136 g/mol. The van der Waals surface area contributed by atoms with Gasteiger partial charge in [0.05, 0.1) is 6.26 Å². The van der Waals surface area contributed by atoms with Crippen LogP contribution in [-0.4, -0.2) is 0 Å². The Morgan fingerprint density at radius 2 is 2.45 bits per heavy atom. The predicted octanol–water partition coefficient (Wildman–Crippen LogP) is 1.44. The molecule has 0 unspecified atom stereocenters. The van der Waals surface area contributed by atoms with E-state index in [1.807, 2.05) is 12.1 Å². The van der Waals surface area contributed by atoms with Crippen LogP contribution in [0.25, 0.3) is 12.2 Å². The van der Waals surface area contributed by atoms with Gasteiger partial charge in [0.15, 0.2) is 0 Å². The Kier molecular flexibility index (Phi) is 2.32. The molecule has 0 aliphatic heterocycles. The maximum Gasteiger partial charge on any atom is 0.136 e. The number of hydrogen-bond acceptors (Lipinski definition) is 1. The van der Waals surface area contributed by atoms with Crippen molar-refractivity contribution < 1.29 is 4.42 Å². The van der Waals surface area contributed by atoms with E-state index >= 15 is 0 Å². The molecule has 1 rings (SSSR count). The minimum absolute atomic E-state index is 0.863. The van der Waals surface area contributed by atoms with Crippen molar-refractivity contribution in [3.8, 4) is 0 Å². The first-order valence-corrected chi connectivity index (χ1v) is 3.67. The average Bonchev–Trinajstić information content (AvgIpc) is 2.40. The first-order valence-electron chi connectivity index (χ1n) is 3.67. The summed E-state index contributed by atoms with van der Waals surface area (Å²) in [7, 11) is 0. The summed E-state index contributed by atoms with van der Waals surface area (Å²) in [5.74, 6) is 0. The van der Waals surface area contributed by atoms with E-state index in [-0.39, 0.29) is 0 Å². The molecule has 0 amide bonds. The van der Waals surface area contributed by atoms with E-state index in [1.54, 1.807) is 6.26 Å². The lowest BCUT2D eigenvalue weighted by molar-refractivity contribution is 0.527. The zero-order chi connectivity index (χ0) is 8.27. The minimum atomic E-state index is 0.863. The van der Waals surface area contributed by atoms with Gasteiger partial charge in [0.2, 0.25) is 0 Å². The molecule has 11 heavy (non-hydrogen) atoms. The van der Waals surface area contributed by atoms with Crippen LogP contribution >= 0.6 is 0 Å². The van der Waals surface area contributed by atoms with Crippen LogP contribution in [0.1, 0.15) is 13.3 Å². The molecule has 0 aromatic carbocycles. The Hall–Kier alpha value is -1.24. The highest BCUT2D eigenvalue weighted by molar-refractivity contribution is 5.53. The van der Waals surface area contributed by atoms with Gasteiger partial charge in [-0.15, -0.1) is 0 Å². The standard InChI is InChI=1S/C10H12O/c1-4-9(5-2)10-8(3)6-7-11-10/h4,6-7H,1,3,5H2,2H3/b10-9-. The molecule has 1 heterocycles. The van der Waals surface area contributed by atoms with Crippen LogP contribution in [0.5, 0.6) is 0 Å². The SMILES string of the molecule is C=C/C(CC)=c1/occc1=C. The number of furan rings is 1. The largest absolute Gasteiger partial charge is 0.464 e. The lowest BCUT2D eigenvalue weighted by atomic mass is 10.2. The highest BCUT2D eigenvalue weighted by Gasteiger charge is 1.92. The van der Waals surface area contributed by atoms with Gasteiger partial charge in [-0.25, -0.2) is 0 Å². The third-order valence-electron chi connectivity index (χ3n) is 1.67.